The molecule has 0 radical (unpaired) electrons. The summed E-state index contributed by atoms with van der Waals surface area (Å²) in [6, 6.07) is 12.3. The minimum Gasteiger partial charge on any atom is -0.497 e. The lowest BCUT2D eigenvalue weighted by Crippen LogP contribution is -1.99. The topological polar surface area (TPSA) is 21.3 Å². The van der Waals surface area contributed by atoms with Crippen LogP contribution in [-0.4, -0.2) is 7.11 Å². The fraction of sp³-hybridized carbons (Fsp3) is 0.0769. The minimum absolute atomic E-state index is 0.886. The molecule has 4 heteroatoms. The largest absolute Gasteiger partial charge is 0.497 e. The first-order valence-electron chi connectivity index (χ1n) is 5.19. The normalized spacial score (nSPS) is 12.4. The fourth-order valence-electron chi connectivity index (χ4n) is 1.76. The summed E-state index contributed by atoms with van der Waals surface area (Å²) in [5.41, 5.74) is 2.28. The number of benzene rings is 2. The summed E-state index contributed by atoms with van der Waals surface area (Å²) in [5, 5.41) is 3.42. The second-order valence-electron chi connectivity index (χ2n) is 3.73. The molecule has 0 aromatic heterocycles. The monoisotopic (exact) mass is 307 g/mol. The van der Waals surface area contributed by atoms with Crippen molar-refractivity contribution in [1.82, 2.24) is 0 Å². The van der Waals surface area contributed by atoms with Gasteiger partial charge in [0.1, 0.15) is 5.75 Å². The summed E-state index contributed by atoms with van der Waals surface area (Å²) in [6.45, 7) is 0. The van der Waals surface area contributed by atoms with E-state index >= 15 is 0 Å². The first-order chi connectivity index (χ1) is 8.26. The van der Waals surface area contributed by atoms with Crippen LogP contribution in [0.3, 0.4) is 0 Å². The molecule has 0 aliphatic carbocycles. The van der Waals surface area contributed by atoms with Crippen molar-refractivity contribution in [2.45, 2.75) is 9.79 Å². The van der Waals surface area contributed by atoms with Crippen molar-refractivity contribution in [3.8, 4) is 5.75 Å². The van der Waals surface area contributed by atoms with Crippen molar-refractivity contribution < 1.29 is 4.74 Å². The van der Waals surface area contributed by atoms with Gasteiger partial charge in [-0.2, -0.15) is 0 Å². The number of ether oxygens (including phenoxy) is 1. The first kappa shape index (κ1) is 11.0. The Labute approximate surface area is 113 Å². The van der Waals surface area contributed by atoms with Gasteiger partial charge in [-0.15, -0.1) is 0 Å². The van der Waals surface area contributed by atoms with Crippen molar-refractivity contribution in [3.63, 3.8) is 0 Å². The summed E-state index contributed by atoms with van der Waals surface area (Å²) < 4.78 is 6.34. The van der Waals surface area contributed by atoms with Gasteiger partial charge in [0.2, 0.25) is 0 Å². The van der Waals surface area contributed by atoms with Gasteiger partial charge in [0, 0.05) is 14.3 Å². The molecule has 2 aromatic rings. The van der Waals surface area contributed by atoms with Crippen molar-refractivity contribution in [2.24, 2.45) is 0 Å². The number of hydrogen-bond donors (Lipinski definition) is 1. The maximum Gasteiger partial charge on any atom is 0.120 e. The molecule has 0 spiro atoms. The lowest BCUT2D eigenvalue weighted by atomic mass is 10.2. The second-order valence-corrected chi connectivity index (χ2v) is 5.73. The Morgan fingerprint density at radius 2 is 1.76 bits per heavy atom. The molecule has 17 heavy (non-hydrogen) atoms. The van der Waals surface area contributed by atoms with Gasteiger partial charge in [-0.3, -0.25) is 0 Å². The number of anilines is 2. The van der Waals surface area contributed by atoms with Crippen LogP contribution in [0.4, 0.5) is 11.4 Å². The minimum atomic E-state index is 0.886. The van der Waals surface area contributed by atoms with E-state index in [-0.39, 0.29) is 0 Å². The molecule has 0 atom stereocenters. The zero-order valence-electron chi connectivity index (χ0n) is 9.16. The number of rotatable bonds is 1. The van der Waals surface area contributed by atoms with Crippen LogP contribution >= 0.6 is 27.7 Å². The first-order valence-corrected chi connectivity index (χ1v) is 6.80. The number of fused-ring (bicyclic) bond motifs is 2. The van der Waals surface area contributed by atoms with Crippen LogP contribution in [0.25, 0.3) is 0 Å². The Morgan fingerprint density at radius 1 is 1.06 bits per heavy atom. The number of methoxy groups -OCH3 is 1. The summed E-state index contributed by atoms with van der Waals surface area (Å²) in [4.78, 5) is 2.41. The van der Waals surface area contributed by atoms with E-state index in [1.165, 1.54) is 9.79 Å². The molecule has 2 aromatic carbocycles. The SMILES string of the molecule is COc1ccc2c(c1)Sc1cc(Br)ccc1N2. The molecule has 0 saturated carbocycles. The maximum atomic E-state index is 5.24. The third-order valence-electron chi connectivity index (χ3n) is 2.62. The van der Waals surface area contributed by atoms with Gasteiger partial charge in [0.15, 0.2) is 0 Å². The van der Waals surface area contributed by atoms with Gasteiger partial charge < -0.3 is 10.1 Å². The van der Waals surface area contributed by atoms with E-state index in [2.05, 4.69) is 39.4 Å². The van der Waals surface area contributed by atoms with Crippen LogP contribution in [0, 0.1) is 0 Å². The summed E-state index contributed by atoms with van der Waals surface area (Å²) in [6.07, 6.45) is 0. The fourth-order valence-corrected chi connectivity index (χ4v) is 3.33. The van der Waals surface area contributed by atoms with Gasteiger partial charge in [-0.05, 0) is 36.4 Å². The highest BCUT2D eigenvalue weighted by molar-refractivity contribution is 9.10. The van der Waals surface area contributed by atoms with Gasteiger partial charge in [0.25, 0.3) is 0 Å². The van der Waals surface area contributed by atoms with Crippen molar-refractivity contribution in [2.75, 3.05) is 12.4 Å². The molecule has 0 fully saturated rings. The van der Waals surface area contributed by atoms with Gasteiger partial charge in [-0.25, -0.2) is 0 Å². The van der Waals surface area contributed by atoms with E-state index in [9.17, 15) is 0 Å². The van der Waals surface area contributed by atoms with Gasteiger partial charge >= 0.3 is 0 Å². The van der Waals surface area contributed by atoms with E-state index < -0.39 is 0 Å². The van der Waals surface area contributed by atoms with E-state index in [0.717, 1.165) is 21.6 Å². The smallest absolute Gasteiger partial charge is 0.120 e. The number of hydrogen-bond acceptors (Lipinski definition) is 3. The summed E-state index contributed by atoms with van der Waals surface area (Å²) in [7, 11) is 1.69. The number of halogens is 1. The molecule has 1 heterocycles. The molecule has 3 rings (SSSR count). The predicted octanol–water partition coefficient (Wildman–Crippen LogP) is 4.67. The maximum absolute atomic E-state index is 5.24. The molecule has 2 nitrogen and oxygen atoms in total. The Hall–Kier alpha value is -1.13. The highest BCUT2D eigenvalue weighted by Crippen LogP contribution is 2.45. The summed E-state index contributed by atoms with van der Waals surface area (Å²) >= 11 is 5.25. The zero-order valence-corrected chi connectivity index (χ0v) is 11.6. The Kier molecular flexibility index (Phi) is 2.76. The molecular weight excluding hydrogens is 298 g/mol. The Morgan fingerprint density at radius 3 is 2.53 bits per heavy atom. The molecule has 86 valence electrons. The van der Waals surface area contributed by atoms with Crippen LogP contribution in [0.15, 0.2) is 50.7 Å². The Balaban J connectivity index is 2.05. The van der Waals surface area contributed by atoms with Crippen molar-refractivity contribution in [1.29, 1.82) is 0 Å². The molecule has 0 bridgehead atoms. The van der Waals surface area contributed by atoms with Crippen molar-refractivity contribution >= 4 is 39.1 Å². The molecule has 1 aliphatic rings. The molecule has 0 unspecified atom stereocenters. The molecular formula is C13H10BrNOS. The van der Waals surface area contributed by atoms with Crippen LogP contribution in [0.1, 0.15) is 0 Å². The molecule has 1 N–H and O–H groups in total. The molecule has 0 saturated heterocycles. The highest BCUT2D eigenvalue weighted by atomic mass is 79.9. The molecule has 1 aliphatic heterocycles. The van der Waals surface area contributed by atoms with Crippen LogP contribution in [0.2, 0.25) is 0 Å². The average Bonchev–Trinajstić information content (AvgIpc) is 2.35. The van der Waals surface area contributed by atoms with Gasteiger partial charge in [0.05, 0.1) is 18.5 Å². The van der Waals surface area contributed by atoms with Gasteiger partial charge in [-0.1, -0.05) is 27.7 Å². The quantitative estimate of drug-likeness (QED) is 0.706. The predicted molar refractivity (Wildman–Crippen MR) is 74.5 cm³/mol. The van der Waals surface area contributed by atoms with E-state index in [0.29, 0.717) is 0 Å². The highest BCUT2D eigenvalue weighted by Gasteiger charge is 2.16. The van der Waals surface area contributed by atoms with E-state index in [1.807, 2.05) is 18.2 Å². The van der Waals surface area contributed by atoms with Crippen LogP contribution in [-0.2, 0) is 0 Å². The average molecular weight is 308 g/mol. The number of nitrogens with one attached hydrogen (secondary N) is 1. The lowest BCUT2D eigenvalue weighted by Gasteiger charge is -2.21. The van der Waals surface area contributed by atoms with E-state index in [4.69, 9.17) is 4.74 Å². The van der Waals surface area contributed by atoms with Crippen LogP contribution in [0.5, 0.6) is 5.75 Å². The molecule has 0 amide bonds. The second kappa shape index (κ2) is 4.27. The zero-order chi connectivity index (χ0) is 11.8. The Bertz CT molecular complexity index is 586. The third-order valence-corrected chi connectivity index (χ3v) is 4.23. The van der Waals surface area contributed by atoms with Crippen molar-refractivity contribution in [3.05, 3.63) is 40.9 Å². The van der Waals surface area contributed by atoms with E-state index in [1.54, 1.807) is 18.9 Å². The standard InChI is InChI=1S/C13H10BrNOS/c1-16-9-3-5-11-13(7-9)17-12-6-8(14)2-4-10(12)15-11/h2-7,15H,1H3. The van der Waals surface area contributed by atoms with Crippen LogP contribution < -0.4 is 10.1 Å². The third kappa shape index (κ3) is 2.03. The lowest BCUT2D eigenvalue weighted by molar-refractivity contribution is 0.414. The summed E-state index contributed by atoms with van der Waals surface area (Å²) in [5.74, 6) is 0.886.